The standard InChI is InChI=1S/C24H47NO4.2Na/c1-22(2)16-14-12-10-8-6-4-3-5-7-9-11-13-15-19-25(20-17-23(26)27)21-18-24(28)29;;/h22H,3-21H2,1-2H3,(H,26,27)(H,28,29);;/q;2*+1/p-2. The quantitative estimate of drug-likeness (QED) is 0.135. The first kappa shape index (κ1) is 36.5. The number of carboxylic acids is 2. The first-order chi connectivity index (χ1) is 13.9. The van der Waals surface area contributed by atoms with Gasteiger partial charge in [-0.15, -0.1) is 0 Å². The molecule has 0 aromatic carbocycles. The molecule has 0 rings (SSSR count). The number of carbonyl (C=O) groups is 2. The third-order valence-electron chi connectivity index (χ3n) is 5.52. The maximum atomic E-state index is 10.6. The summed E-state index contributed by atoms with van der Waals surface area (Å²) in [7, 11) is 0. The largest absolute Gasteiger partial charge is 1.00 e. The van der Waals surface area contributed by atoms with Gasteiger partial charge >= 0.3 is 59.1 Å². The zero-order chi connectivity index (χ0) is 21.7. The van der Waals surface area contributed by atoms with Gasteiger partial charge < -0.3 is 24.7 Å². The molecule has 7 heteroatoms. The van der Waals surface area contributed by atoms with Crippen LogP contribution in [-0.4, -0.2) is 36.5 Å². The van der Waals surface area contributed by atoms with E-state index >= 15 is 0 Å². The predicted octanol–water partition coefficient (Wildman–Crippen LogP) is -2.31. The number of carboxylic acid groups (broad SMARTS) is 2. The summed E-state index contributed by atoms with van der Waals surface area (Å²) in [6.07, 6.45) is 18.1. The van der Waals surface area contributed by atoms with Crippen LogP contribution >= 0.6 is 0 Å². The minimum Gasteiger partial charge on any atom is -0.550 e. The molecule has 0 saturated heterocycles. The van der Waals surface area contributed by atoms with Crippen molar-refractivity contribution in [1.82, 2.24) is 4.90 Å². The van der Waals surface area contributed by atoms with E-state index in [4.69, 9.17) is 0 Å². The topological polar surface area (TPSA) is 83.5 Å². The van der Waals surface area contributed by atoms with E-state index in [-0.39, 0.29) is 72.0 Å². The van der Waals surface area contributed by atoms with Crippen LogP contribution < -0.4 is 69.3 Å². The van der Waals surface area contributed by atoms with Gasteiger partial charge in [-0.05, 0) is 31.7 Å². The summed E-state index contributed by atoms with van der Waals surface area (Å²) in [5.41, 5.74) is 0. The van der Waals surface area contributed by atoms with Gasteiger partial charge in [0.25, 0.3) is 0 Å². The number of rotatable bonds is 22. The first-order valence-electron chi connectivity index (χ1n) is 12.0. The molecule has 0 bridgehead atoms. The predicted molar refractivity (Wildman–Crippen MR) is 115 cm³/mol. The molecule has 0 fully saturated rings. The van der Waals surface area contributed by atoms with Crippen molar-refractivity contribution in [3.05, 3.63) is 0 Å². The van der Waals surface area contributed by atoms with Crippen molar-refractivity contribution in [2.24, 2.45) is 5.92 Å². The number of hydrogen-bond acceptors (Lipinski definition) is 5. The summed E-state index contributed by atoms with van der Waals surface area (Å²) < 4.78 is 0. The van der Waals surface area contributed by atoms with Crippen LogP contribution in [-0.2, 0) is 9.59 Å². The molecule has 0 spiro atoms. The van der Waals surface area contributed by atoms with Crippen molar-refractivity contribution < 1.29 is 78.9 Å². The molecular weight excluding hydrogens is 412 g/mol. The molecule has 0 amide bonds. The number of nitrogens with zero attached hydrogens (tertiary/aromatic N) is 1. The molecule has 0 aliphatic carbocycles. The number of carbonyl (C=O) groups excluding carboxylic acids is 2. The third kappa shape index (κ3) is 30.9. The molecule has 0 aromatic rings. The van der Waals surface area contributed by atoms with E-state index < -0.39 is 11.9 Å². The zero-order valence-corrected chi connectivity index (χ0v) is 25.1. The van der Waals surface area contributed by atoms with Crippen LogP contribution in [0.1, 0.15) is 117 Å². The van der Waals surface area contributed by atoms with Gasteiger partial charge in [-0.25, -0.2) is 0 Å². The summed E-state index contributed by atoms with van der Waals surface area (Å²) in [6, 6.07) is 0. The molecule has 0 aliphatic heterocycles. The van der Waals surface area contributed by atoms with Crippen LogP contribution in [0.3, 0.4) is 0 Å². The van der Waals surface area contributed by atoms with Crippen molar-refractivity contribution in [3.63, 3.8) is 0 Å². The Morgan fingerprint density at radius 2 is 0.903 bits per heavy atom. The minimum absolute atomic E-state index is 0. The van der Waals surface area contributed by atoms with E-state index in [9.17, 15) is 19.8 Å². The van der Waals surface area contributed by atoms with Crippen molar-refractivity contribution in [2.75, 3.05) is 19.6 Å². The van der Waals surface area contributed by atoms with Gasteiger partial charge in [0.1, 0.15) is 0 Å². The molecule has 0 saturated carbocycles. The Kier molecular flexibility index (Phi) is 31.9. The monoisotopic (exact) mass is 457 g/mol. The van der Waals surface area contributed by atoms with E-state index in [1.165, 1.54) is 77.0 Å². The van der Waals surface area contributed by atoms with Crippen LogP contribution in [0.15, 0.2) is 0 Å². The average molecular weight is 458 g/mol. The van der Waals surface area contributed by atoms with Gasteiger partial charge in [0, 0.05) is 25.0 Å². The Morgan fingerprint density at radius 1 is 0.581 bits per heavy atom. The maximum Gasteiger partial charge on any atom is 1.00 e. The summed E-state index contributed by atoms with van der Waals surface area (Å²) in [6.45, 7) is 6.06. The first-order valence-corrected chi connectivity index (χ1v) is 12.0. The molecule has 0 radical (unpaired) electrons. The normalized spacial score (nSPS) is 10.7. The average Bonchev–Trinajstić information content (AvgIpc) is 2.65. The van der Waals surface area contributed by atoms with Gasteiger partial charge in [-0.1, -0.05) is 97.3 Å². The molecule has 172 valence electrons. The minimum atomic E-state index is -1.09. The fourth-order valence-electron chi connectivity index (χ4n) is 3.67. The van der Waals surface area contributed by atoms with Crippen LogP contribution in [0.4, 0.5) is 0 Å². The summed E-state index contributed by atoms with van der Waals surface area (Å²) in [5, 5.41) is 21.2. The SMILES string of the molecule is CC(C)CCCCCCCCCCCCCCCN(CCC(=O)[O-])CCC(=O)[O-].[Na+].[Na+]. The Morgan fingerprint density at radius 3 is 1.23 bits per heavy atom. The van der Waals surface area contributed by atoms with Crippen LogP contribution in [0.2, 0.25) is 0 Å². The van der Waals surface area contributed by atoms with Gasteiger partial charge in [0.15, 0.2) is 0 Å². The van der Waals surface area contributed by atoms with Gasteiger partial charge in [-0.3, -0.25) is 0 Å². The summed E-state index contributed by atoms with van der Waals surface area (Å²) in [4.78, 5) is 23.1. The molecule has 0 atom stereocenters. The van der Waals surface area contributed by atoms with E-state index in [0.717, 1.165) is 25.3 Å². The second-order valence-corrected chi connectivity index (χ2v) is 8.86. The van der Waals surface area contributed by atoms with Crippen molar-refractivity contribution in [1.29, 1.82) is 0 Å². The van der Waals surface area contributed by atoms with E-state index in [1.54, 1.807) is 0 Å². The Labute approximate surface area is 236 Å². The van der Waals surface area contributed by atoms with Crippen molar-refractivity contribution in [2.45, 2.75) is 117 Å². The van der Waals surface area contributed by atoms with Gasteiger partial charge in [-0.2, -0.15) is 0 Å². The third-order valence-corrected chi connectivity index (χ3v) is 5.52. The molecule has 0 heterocycles. The molecule has 31 heavy (non-hydrogen) atoms. The molecule has 0 aliphatic rings. The van der Waals surface area contributed by atoms with E-state index in [1.807, 2.05) is 4.90 Å². The second-order valence-electron chi connectivity index (χ2n) is 8.86. The van der Waals surface area contributed by atoms with Crippen LogP contribution in [0, 0.1) is 5.92 Å². The fraction of sp³-hybridized carbons (Fsp3) is 0.917. The Bertz CT molecular complexity index is 391. The molecular formula is C24H45NNa2O4. The summed E-state index contributed by atoms with van der Waals surface area (Å²) in [5.74, 6) is -1.33. The number of aliphatic carboxylic acids is 2. The Hall–Kier alpha value is 0.900. The number of unbranched alkanes of at least 4 members (excludes halogenated alkanes) is 12. The zero-order valence-electron chi connectivity index (χ0n) is 21.1. The van der Waals surface area contributed by atoms with E-state index in [0.29, 0.717) is 13.1 Å². The molecule has 5 nitrogen and oxygen atoms in total. The second kappa shape index (κ2) is 27.1. The van der Waals surface area contributed by atoms with Gasteiger partial charge in [0.05, 0.1) is 0 Å². The molecule has 0 aromatic heterocycles. The van der Waals surface area contributed by atoms with Crippen molar-refractivity contribution in [3.8, 4) is 0 Å². The smallest absolute Gasteiger partial charge is 0.550 e. The molecule has 0 unspecified atom stereocenters. The van der Waals surface area contributed by atoms with Crippen LogP contribution in [0.5, 0.6) is 0 Å². The summed E-state index contributed by atoms with van der Waals surface area (Å²) >= 11 is 0. The molecule has 0 N–H and O–H groups in total. The Balaban J connectivity index is -0.00000392. The number of hydrogen-bond donors (Lipinski definition) is 0. The van der Waals surface area contributed by atoms with E-state index in [2.05, 4.69) is 13.8 Å². The van der Waals surface area contributed by atoms with Gasteiger partial charge in [0.2, 0.25) is 0 Å². The maximum absolute atomic E-state index is 10.6. The van der Waals surface area contributed by atoms with Crippen LogP contribution in [0.25, 0.3) is 0 Å². The van der Waals surface area contributed by atoms with Crippen molar-refractivity contribution >= 4 is 11.9 Å². The fourth-order valence-corrected chi connectivity index (χ4v) is 3.67.